The standard InChI is InChI=1S/C23H29N3O5S2/c1-16(2)20(22(27)32-19-11-7-8-13-24-19)21-18(25-33(3,29)30)12-14-26(21)23(28)31-15-17-9-5-4-6-10-17/h4-11,13,16,18,20-21,25H,12,14-15H2,1-3H3/t18-,20-,21-/m1/s1. The monoisotopic (exact) mass is 491 g/mol. The molecule has 3 rings (SSSR count). The lowest BCUT2D eigenvalue weighted by Crippen LogP contribution is -2.53. The molecule has 1 aromatic carbocycles. The molecule has 10 heteroatoms. The quantitative estimate of drug-likeness (QED) is 0.565. The van der Waals surface area contributed by atoms with Gasteiger partial charge in [-0.3, -0.25) is 4.79 Å². The highest BCUT2D eigenvalue weighted by Crippen LogP contribution is 2.35. The number of carbonyl (C=O) groups excluding carboxylic acids is 2. The van der Waals surface area contributed by atoms with Crippen LogP contribution in [-0.2, 0) is 26.2 Å². The second-order valence-corrected chi connectivity index (χ2v) is 11.2. The second kappa shape index (κ2) is 11.1. The van der Waals surface area contributed by atoms with E-state index in [1.165, 1.54) is 4.90 Å². The van der Waals surface area contributed by atoms with Crippen LogP contribution in [0.4, 0.5) is 4.79 Å². The van der Waals surface area contributed by atoms with Crippen LogP contribution in [0.2, 0.25) is 0 Å². The molecule has 0 unspecified atom stereocenters. The minimum atomic E-state index is -3.55. The number of sulfonamides is 1. The maximum atomic E-state index is 13.4. The maximum Gasteiger partial charge on any atom is 0.410 e. The predicted molar refractivity (Wildman–Crippen MR) is 127 cm³/mol. The fraction of sp³-hybridized carbons (Fsp3) is 0.435. The van der Waals surface area contributed by atoms with Crippen molar-refractivity contribution in [2.45, 2.75) is 44.0 Å². The molecule has 1 N–H and O–H groups in total. The Morgan fingerprint density at radius 3 is 2.48 bits per heavy atom. The highest BCUT2D eigenvalue weighted by atomic mass is 32.2. The van der Waals surface area contributed by atoms with Crippen molar-refractivity contribution in [3.63, 3.8) is 0 Å². The number of ether oxygens (including phenoxy) is 1. The summed E-state index contributed by atoms with van der Waals surface area (Å²) in [4.78, 5) is 32.1. The summed E-state index contributed by atoms with van der Waals surface area (Å²) in [6.45, 7) is 4.17. The fourth-order valence-electron chi connectivity index (χ4n) is 4.06. The highest BCUT2D eigenvalue weighted by molar-refractivity contribution is 8.13. The van der Waals surface area contributed by atoms with Crippen LogP contribution in [0.25, 0.3) is 0 Å². The molecule has 0 radical (unpaired) electrons. The molecule has 1 fully saturated rings. The van der Waals surface area contributed by atoms with Gasteiger partial charge in [0.1, 0.15) is 11.6 Å². The largest absolute Gasteiger partial charge is 0.445 e. The molecule has 0 aliphatic carbocycles. The molecule has 1 aliphatic heterocycles. The van der Waals surface area contributed by atoms with Crippen molar-refractivity contribution < 1.29 is 22.7 Å². The maximum absolute atomic E-state index is 13.4. The van der Waals surface area contributed by atoms with Gasteiger partial charge in [-0.1, -0.05) is 50.2 Å². The molecule has 1 aromatic heterocycles. The second-order valence-electron chi connectivity index (χ2n) is 8.37. The number of hydrogen-bond acceptors (Lipinski definition) is 7. The Hall–Kier alpha value is -2.43. The molecular formula is C23H29N3O5S2. The molecular weight excluding hydrogens is 462 g/mol. The Morgan fingerprint density at radius 2 is 1.88 bits per heavy atom. The van der Waals surface area contributed by atoms with E-state index < -0.39 is 34.1 Å². The Morgan fingerprint density at radius 1 is 1.18 bits per heavy atom. The van der Waals surface area contributed by atoms with Crippen LogP contribution in [0.5, 0.6) is 0 Å². The van der Waals surface area contributed by atoms with Gasteiger partial charge in [0, 0.05) is 18.8 Å². The third kappa shape index (κ3) is 7.02. The first-order chi connectivity index (χ1) is 15.7. The van der Waals surface area contributed by atoms with Crippen molar-refractivity contribution in [3.8, 4) is 0 Å². The minimum Gasteiger partial charge on any atom is -0.445 e. The van der Waals surface area contributed by atoms with E-state index in [0.29, 0.717) is 11.4 Å². The lowest BCUT2D eigenvalue weighted by atomic mass is 9.86. The Balaban J connectivity index is 1.85. The summed E-state index contributed by atoms with van der Waals surface area (Å²) in [5.74, 6) is -0.770. The van der Waals surface area contributed by atoms with Crippen LogP contribution in [0, 0.1) is 11.8 Å². The molecule has 2 heterocycles. The van der Waals surface area contributed by atoms with Crippen molar-refractivity contribution >= 4 is 33.0 Å². The van der Waals surface area contributed by atoms with E-state index in [0.717, 1.165) is 23.6 Å². The van der Waals surface area contributed by atoms with Gasteiger partial charge < -0.3 is 9.64 Å². The highest BCUT2D eigenvalue weighted by Gasteiger charge is 2.47. The zero-order valence-electron chi connectivity index (χ0n) is 18.9. The Labute approximate surface area is 199 Å². The summed E-state index contributed by atoms with van der Waals surface area (Å²) in [5, 5.41) is 0.383. The number of nitrogens with one attached hydrogen (secondary N) is 1. The van der Waals surface area contributed by atoms with Crippen molar-refractivity contribution in [2.75, 3.05) is 12.8 Å². The number of carbonyl (C=O) groups is 2. The molecule has 0 bridgehead atoms. The number of thioether (sulfide) groups is 1. The van der Waals surface area contributed by atoms with Crippen LogP contribution in [-0.4, -0.2) is 54.4 Å². The molecule has 3 atom stereocenters. The lowest BCUT2D eigenvalue weighted by Gasteiger charge is -2.35. The van der Waals surface area contributed by atoms with Crippen molar-refractivity contribution in [1.82, 2.24) is 14.6 Å². The predicted octanol–water partition coefficient (Wildman–Crippen LogP) is 3.30. The van der Waals surface area contributed by atoms with E-state index in [1.54, 1.807) is 24.4 Å². The topological polar surface area (TPSA) is 106 Å². The van der Waals surface area contributed by atoms with Crippen LogP contribution >= 0.6 is 11.8 Å². The fourth-order valence-corrected chi connectivity index (χ4v) is 5.88. The van der Waals surface area contributed by atoms with E-state index in [2.05, 4.69) is 9.71 Å². The average Bonchev–Trinajstić information content (AvgIpc) is 3.14. The van der Waals surface area contributed by atoms with Gasteiger partial charge in [-0.2, -0.15) is 0 Å². The van der Waals surface area contributed by atoms with Crippen LogP contribution in [0.1, 0.15) is 25.8 Å². The van der Waals surface area contributed by atoms with Crippen LogP contribution < -0.4 is 4.72 Å². The molecule has 2 aromatic rings. The summed E-state index contributed by atoms with van der Waals surface area (Å²) in [7, 11) is -3.55. The van der Waals surface area contributed by atoms with Gasteiger partial charge >= 0.3 is 6.09 Å². The van der Waals surface area contributed by atoms with Gasteiger partial charge in [0.2, 0.25) is 15.1 Å². The van der Waals surface area contributed by atoms with Gasteiger partial charge in [0.15, 0.2) is 0 Å². The number of benzene rings is 1. The number of amides is 1. The van der Waals surface area contributed by atoms with E-state index in [-0.39, 0.29) is 24.2 Å². The summed E-state index contributed by atoms with van der Waals surface area (Å²) in [6.07, 6.45) is 2.51. The number of pyridine rings is 1. The minimum absolute atomic E-state index is 0.0933. The van der Waals surface area contributed by atoms with Gasteiger partial charge in [0.25, 0.3) is 0 Å². The molecule has 178 valence electrons. The normalized spacial score (nSPS) is 19.5. The SMILES string of the molecule is CC(C)[C@@H](C(=O)Sc1ccccn1)[C@H]1[C@H](NS(C)(=O)=O)CCN1C(=O)OCc1ccccc1. The molecule has 1 amide bonds. The van der Waals surface area contributed by atoms with Crippen LogP contribution in [0.15, 0.2) is 59.8 Å². The van der Waals surface area contributed by atoms with Gasteiger partial charge in [-0.15, -0.1) is 0 Å². The zero-order chi connectivity index (χ0) is 24.0. The number of aromatic nitrogens is 1. The zero-order valence-corrected chi connectivity index (χ0v) is 20.5. The van der Waals surface area contributed by atoms with Gasteiger partial charge in [-0.05, 0) is 41.8 Å². The van der Waals surface area contributed by atoms with E-state index in [1.807, 2.05) is 44.2 Å². The first-order valence-electron chi connectivity index (χ1n) is 10.7. The van der Waals surface area contributed by atoms with Crippen molar-refractivity contribution in [2.24, 2.45) is 11.8 Å². The van der Waals surface area contributed by atoms with Crippen molar-refractivity contribution in [3.05, 3.63) is 60.3 Å². The van der Waals surface area contributed by atoms with E-state index >= 15 is 0 Å². The smallest absolute Gasteiger partial charge is 0.410 e. The van der Waals surface area contributed by atoms with Gasteiger partial charge in [-0.25, -0.2) is 22.9 Å². The molecule has 1 aliphatic rings. The van der Waals surface area contributed by atoms with Crippen LogP contribution in [0.3, 0.4) is 0 Å². The average molecular weight is 492 g/mol. The Bertz CT molecular complexity index is 1050. The molecule has 8 nitrogen and oxygen atoms in total. The van der Waals surface area contributed by atoms with E-state index in [9.17, 15) is 18.0 Å². The van der Waals surface area contributed by atoms with E-state index in [4.69, 9.17) is 4.74 Å². The summed E-state index contributed by atoms with van der Waals surface area (Å²) >= 11 is 1.00. The molecule has 1 saturated heterocycles. The summed E-state index contributed by atoms with van der Waals surface area (Å²) in [5.41, 5.74) is 0.842. The van der Waals surface area contributed by atoms with Gasteiger partial charge in [0.05, 0.1) is 18.2 Å². The summed E-state index contributed by atoms with van der Waals surface area (Å²) in [6, 6.07) is 13.3. The molecule has 0 spiro atoms. The first-order valence-corrected chi connectivity index (χ1v) is 13.4. The first kappa shape index (κ1) is 25.2. The Kier molecular flexibility index (Phi) is 8.50. The number of likely N-dealkylation sites (tertiary alicyclic amines) is 1. The van der Waals surface area contributed by atoms with Crippen molar-refractivity contribution in [1.29, 1.82) is 0 Å². The molecule has 33 heavy (non-hydrogen) atoms. The summed E-state index contributed by atoms with van der Waals surface area (Å²) < 4.78 is 32.2. The number of rotatable bonds is 8. The third-order valence-corrected chi connectivity index (χ3v) is 7.11. The third-order valence-electron chi connectivity index (χ3n) is 5.46. The number of hydrogen-bond donors (Lipinski definition) is 1. The lowest BCUT2D eigenvalue weighted by molar-refractivity contribution is -0.117. The molecule has 0 saturated carbocycles. The number of nitrogens with zero attached hydrogens (tertiary/aromatic N) is 2.